The van der Waals surface area contributed by atoms with Gasteiger partial charge >= 0.3 is 6.03 Å². The molecule has 7 nitrogen and oxygen atoms in total. The number of carbonyl (C=O) groups is 2. The summed E-state index contributed by atoms with van der Waals surface area (Å²) in [6.45, 7) is 1.26. The van der Waals surface area contributed by atoms with Gasteiger partial charge in [-0.15, -0.1) is 11.8 Å². The predicted molar refractivity (Wildman–Crippen MR) is 130 cm³/mol. The molecule has 3 rings (SSSR count). The Kier molecular flexibility index (Phi) is 9.41. The molecule has 0 saturated heterocycles. The zero-order chi connectivity index (χ0) is 23.5. The standard InChI is InChI=1S/C25H29N3O4S/c1-31-16-14-27(25(30)26-21-10-12-23(33-2)13-11-21)19-24(29)28(18-22-9-6-15-32-22)17-20-7-4-3-5-8-20/h3-13,15H,14,16-19H2,1-2H3,(H,26,30). The van der Waals surface area contributed by atoms with E-state index in [1.165, 1.54) is 4.90 Å². The molecule has 0 saturated carbocycles. The van der Waals surface area contributed by atoms with Crippen LogP contribution in [0.5, 0.6) is 0 Å². The third-order valence-corrected chi connectivity index (χ3v) is 5.76. The Balaban J connectivity index is 1.71. The highest BCUT2D eigenvalue weighted by molar-refractivity contribution is 7.98. The van der Waals surface area contributed by atoms with Crippen LogP contribution in [0.15, 0.2) is 82.3 Å². The molecule has 174 valence electrons. The van der Waals surface area contributed by atoms with Crippen molar-refractivity contribution in [3.63, 3.8) is 0 Å². The minimum absolute atomic E-state index is 0.0777. The van der Waals surface area contributed by atoms with Crippen molar-refractivity contribution in [1.82, 2.24) is 9.80 Å². The van der Waals surface area contributed by atoms with E-state index < -0.39 is 0 Å². The van der Waals surface area contributed by atoms with Crippen molar-refractivity contribution in [1.29, 1.82) is 0 Å². The SMILES string of the molecule is COCCN(CC(=O)N(Cc1ccccc1)Cc1ccco1)C(=O)Nc1ccc(SC)cc1. The monoisotopic (exact) mass is 467 g/mol. The number of methoxy groups -OCH3 is 1. The minimum atomic E-state index is -0.352. The summed E-state index contributed by atoms with van der Waals surface area (Å²) in [6.07, 6.45) is 3.58. The van der Waals surface area contributed by atoms with Gasteiger partial charge in [0.25, 0.3) is 0 Å². The highest BCUT2D eigenvalue weighted by Crippen LogP contribution is 2.18. The van der Waals surface area contributed by atoms with Crippen LogP contribution in [0.4, 0.5) is 10.5 Å². The van der Waals surface area contributed by atoms with Gasteiger partial charge in [-0.3, -0.25) is 4.79 Å². The maximum Gasteiger partial charge on any atom is 0.322 e. The first-order valence-corrected chi connectivity index (χ1v) is 11.8. The van der Waals surface area contributed by atoms with E-state index in [4.69, 9.17) is 9.15 Å². The fourth-order valence-electron chi connectivity index (χ4n) is 3.22. The van der Waals surface area contributed by atoms with Gasteiger partial charge in [0.1, 0.15) is 12.3 Å². The Morgan fingerprint density at radius 2 is 1.73 bits per heavy atom. The summed E-state index contributed by atoms with van der Waals surface area (Å²) in [4.78, 5) is 30.5. The van der Waals surface area contributed by atoms with Crippen molar-refractivity contribution >= 4 is 29.4 Å². The quantitative estimate of drug-likeness (QED) is 0.414. The number of carbonyl (C=O) groups excluding carboxylic acids is 2. The number of nitrogens with one attached hydrogen (secondary N) is 1. The van der Waals surface area contributed by atoms with Gasteiger partial charge in [0, 0.05) is 30.8 Å². The summed E-state index contributed by atoms with van der Waals surface area (Å²) < 4.78 is 10.6. The summed E-state index contributed by atoms with van der Waals surface area (Å²) >= 11 is 1.63. The van der Waals surface area contributed by atoms with Gasteiger partial charge in [0.15, 0.2) is 0 Å². The minimum Gasteiger partial charge on any atom is -0.467 e. The molecule has 0 spiro atoms. The first-order chi connectivity index (χ1) is 16.1. The van der Waals surface area contributed by atoms with E-state index in [1.54, 1.807) is 36.1 Å². The van der Waals surface area contributed by atoms with Crippen LogP contribution in [-0.4, -0.2) is 54.8 Å². The second kappa shape index (κ2) is 12.7. The van der Waals surface area contributed by atoms with Crippen LogP contribution in [0.2, 0.25) is 0 Å². The zero-order valence-electron chi connectivity index (χ0n) is 18.9. The number of hydrogen-bond donors (Lipinski definition) is 1. The molecule has 3 aromatic rings. The Labute approximate surface area is 198 Å². The second-order valence-corrected chi connectivity index (χ2v) is 8.27. The van der Waals surface area contributed by atoms with Gasteiger partial charge in [-0.2, -0.15) is 0 Å². The Morgan fingerprint density at radius 3 is 2.36 bits per heavy atom. The lowest BCUT2D eigenvalue weighted by molar-refractivity contribution is -0.133. The lowest BCUT2D eigenvalue weighted by atomic mass is 10.2. The first-order valence-electron chi connectivity index (χ1n) is 10.6. The van der Waals surface area contributed by atoms with Crippen molar-refractivity contribution in [2.24, 2.45) is 0 Å². The van der Waals surface area contributed by atoms with Crippen molar-refractivity contribution in [3.05, 3.63) is 84.3 Å². The lowest BCUT2D eigenvalue weighted by Crippen LogP contribution is -2.45. The fraction of sp³-hybridized carbons (Fsp3) is 0.280. The van der Waals surface area contributed by atoms with E-state index in [2.05, 4.69) is 5.32 Å². The van der Waals surface area contributed by atoms with Crippen molar-refractivity contribution < 1.29 is 18.7 Å². The summed E-state index contributed by atoms with van der Waals surface area (Å²) in [7, 11) is 1.57. The molecule has 1 N–H and O–H groups in total. The van der Waals surface area contributed by atoms with Crippen LogP contribution >= 0.6 is 11.8 Å². The van der Waals surface area contributed by atoms with E-state index in [0.717, 1.165) is 10.5 Å². The van der Waals surface area contributed by atoms with Gasteiger partial charge in [-0.25, -0.2) is 4.79 Å². The van der Waals surface area contributed by atoms with Crippen LogP contribution < -0.4 is 5.32 Å². The van der Waals surface area contributed by atoms with Crippen molar-refractivity contribution in [3.8, 4) is 0 Å². The number of benzene rings is 2. The topological polar surface area (TPSA) is 75.0 Å². The van der Waals surface area contributed by atoms with Crippen LogP contribution in [0.1, 0.15) is 11.3 Å². The number of ether oxygens (including phenoxy) is 1. The molecule has 0 bridgehead atoms. The van der Waals surface area contributed by atoms with Crippen LogP contribution in [0.25, 0.3) is 0 Å². The number of anilines is 1. The zero-order valence-corrected chi connectivity index (χ0v) is 19.7. The van der Waals surface area contributed by atoms with Gasteiger partial charge in [0.2, 0.25) is 5.91 Å². The number of furan rings is 1. The van der Waals surface area contributed by atoms with Gasteiger partial charge in [0.05, 0.1) is 19.4 Å². The summed E-state index contributed by atoms with van der Waals surface area (Å²) in [5, 5.41) is 2.87. The lowest BCUT2D eigenvalue weighted by Gasteiger charge is -2.27. The predicted octanol–water partition coefficient (Wildman–Crippen LogP) is 4.71. The molecular formula is C25H29N3O4S. The van der Waals surface area contributed by atoms with Gasteiger partial charge in [-0.05, 0) is 48.2 Å². The molecule has 8 heteroatoms. The largest absolute Gasteiger partial charge is 0.467 e. The first kappa shape index (κ1) is 24.4. The molecule has 0 atom stereocenters. The molecule has 0 aliphatic carbocycles. The Hall–Kier alpha value is -3.23. The normalized spacial score (nSPS) is 10.6. The number of hydrogen-bond acceptors (Lipinski definition) is 5. The van der Waals surface area contributed by atoms with Gasteiger partial charge in [-0.1, -0.05) is 30.3 Å². The molecule has 33 heavy (non-hydrogen) atoms. The molecular weight excluding hydrogens is 438 g/mol. The molecule has 0 unspecified atom stereocenters. The van der Waals surface area contributed by atoms with E-state index in [1.807, 2.05) is 66.9 Å². The Morgan fingerprint density at radius 1 is 0.970 bits per heavy atom. The maximum atomic E-state index is 13.3. The van der Waals surface area contributed by atoms with E-state index >= 15 is 0 Å². The Bertz CT molecular complexity index is 994. The number of amides is 3. The van der Waals surface area contributed by atoms with Crippen molar-refractivity contribution in [2.75, 3.05) is 38.4 Å². The van der Waals surface area contributed by atoms with E-state index in [-0.39, 0.29) is 25.0 Å². The third-order valence-electron chi connectivity index (χ3n) is 5.02. The number of nitrogens with zero attached hydrogens (tertiary/aromatic N) is 2. The molecule has 0 radical (unpaired) electrons. The molecule has 0 aliphatic heterocycles. The van der Waals surface area contributed by atoms with Crippen LogP contribution in [0.3, 0.4) is 0 Å². The maximum absolute atomic E-state index is 13.3. The summed E-state index contributed by atoms with van der Waals surface area (Å²) in [6, 6.07) is 20.6. The average molecular weight is 468 g/mol. The highest BCUT2D eigenvalue weighted by atomic mass is 32.2. The molecule has 2 aromatic carbocycles. The fourth-order valence-corrected chi connectivity index (χ4v) is 3.63. The van der Waals surface area contributed by atoms with Crippen molar-refractivity contribution in [2.45, 2.75) is 18.0 Å². The second-order valence-electron chi connectivity index (χ2n) is 7.39. The number of urea groups is 1. The summed E-state index contributed by atoms with van der Waals surface area (Å²) in [5.74, 6) is 0.500. The highest BCUT2D eigenvalue weighted by Gasteiger charge is 2.22. The van der Waals surface area contributed by atoms with Crippen LogP contribution in [0, 0.1) is 0 Å². The number of rotatable bonds is 11. The summed E-state index contributed by atoms with van der Waals surface area (Å²) in [5.41, 5.74) is 1.67. The van der Waals surface area contributed by atoms with Gasteiger partial charge < -0.3 is 24.3 Å². The smallest absolute Gasteiger partial charge is 0.322 e. The molecule has 1 heterocycles. The molecule has 0 aliphatic rings. The molecule has 0 fully saturated rings. The molecule has 3 amide bonds. The molecule has 1 aromatic heterocycles. The van der Waals surface area contributed by atoms with E-state index in [9.17, 15) is 9.59 Å². The number of thioether (sulfide) groups is 1. The third kappa shape index (κ3) is 7.69. The van der Waals surface area contributed by atoms with Crippen LogP contribution in [-0.2, 0) is 22.6 Å². The average Bonchev–Trinajstić information content (AvgIpc) is 3.35. The van der Waals surface area contributed by atoms with E-state index in [0.29, 0.717) is 31.1 Å².